The molecule has 101 heavy (non-hydrogen) atoms. The highest BCUT2D eigenvalue weighted by atomic mass is 28.4. The lowest BCUT2D eigenvalue weighted by molar-refractivity contribution is -0.367. The summed E-state index contributed by atoms with van der Waals surface area (Å²) in [4.78, 5) is 0. The van der Waals surface area contributed by atoms with E-state index >= 15 is 0 Å². The Morgan fingerprint density at radius 1 is 0.119 bits per heavy atom. The van der Waals surface area contributed by atoms with Gasteiger partial charge in [-0.15, -0.1) is 0 Å². The standard InChI is InChI=1S/C80H196N8Si13/c1-89(2,49-21-41-81)57-29-65-97(17,66-30-58-90(3,4)50-22-42-82)73-37-77-101(78-38-74-98(18,67-31-59-91(5,6)51-23-43-83)68-32-60-92(7,8)52-24-44-84,79-39-75-99(19,69-33-61-93(9,10)53-25-45-85)70-34-62-94(11,12)54-26-46-86)80-40-76-100(20,71-35-63-95(13,14)55-27-47-87)72-36-64-96(15,16)56-28-48-88/h21-88H2,1-20H3/p+8. The SMILES string of the molecule is C[Si](C)(CCC[NH3+])CCC[Si](C)(CCC[Si](C)(C)CCC[NH3+])CCC[Si](CCC[Si](C)(CCC[Si](C)(C)CCC[NH3+])CCC[Si](C)(C)CCC[NH3+])(CCC[Si](C)(CCC[Si](C)(C)CCC[NH3+])CCC[Si](C)(C)CCC[NH3+])CCC[Si](C)(CCC[Si](C)(C)CCC[NH3+])CCC[Si](C)(C)CCC[NH3+]. The van der Waals surface area contributed by atoms with Crippen molar-refractivity contribution in [2.75, 3.05) is 52.4 Å². The number of rotatable bonds is 72. The third-order valence-electron chi connectivity index (χ3n) is 27.8. The van der Waals surface area contributed by atoms with Gasteiger partial charge in [-0.2, -0.15) is 0 Å². The Morgan fingerprint density at radius 2 is 0.208 bits per heavy atom. The second-order valence-electron chi connectivity index (χ2n) is 44.0. The maximum absolute atomic E-state index is 4.33. The summed E-state index contributed by atoms with van der Waals surface area (Å²) >= 11 is 0. The van der Waals surface area contributed by atoms with Gasteiger partial charge in [-0.3, -0.25) is 0 Å². The van der Waals surface area contributed by atoms with Crippen LogP contribution in [0, 0.1) is 0 Å². The maximum Gasteiger partial charge on any atom is 0.0737 e. The van der Waals surface area contributed by atoms with Crippen LogP contribution in [-0.4, -0.2) is 157 Å². The second kappa shape index (κ2) is 53.5. The molecule has 0 atom stereocenters. The molecule has 0 saturated heterocycles. The summed E-state index contributed by atoms with van der Waals surface area (Å²) in [7, 11) is -17.2. The summed E-state index contributed by atoms with van der Waals surface area (Å²) in [6.07, 6.45) is 29.6. The molecule has 0 rings (SSSR count). The van der Waals surface area contributed by atoms with Gasteiger partial charge in [0.2, 0.25) is 0 Å². The van der Waals surface area contributed by atoms with E-state index in [2.05, 4.69) is 177 Å². The normalized spacial score (nSPS) is 14.1. The third kappa shape index (κ3) is 54.0. The Labute approximate surface area is 650 Å². The van der Waals surface area contributed by atoms with Crippen molar-refractivity contribution < 1.29 is 45.9 Å². The molecule has 0 aromatic heterocycles. The highest BCUT2D eigenvalue weighted by Crippen LogP contribution is 2.44. The summed E-state index contributed by atoms with van der Waals surface area (Å²) in [5, 5.41) is 0. The zero-order valence-corrected chi connectivity index (χ0v) is 87.6. The lowest BCUT2D eigenvalue weighted by Crippen LogP contribution is -2.50. The first-order valence-corrected chi connectivity index (χ1v) is 87.9. The minimum atomic E-state index is -1.71. The van der Waals surface area contributed by atoms with E-state index in [9.17, 15) is 0 Å². The third-order valence-corrected chi connectivity index (χ3v) is 79.5. The molecule has 0 radical (unpaired) electrons. The second-order valence-corrected chi connectivity index (χ2v) is 112. The van der Waals surface area contributed by atoms with E-state index in [0.717, 1.165) is 52.4 Å². The minimum absolute atomic E-state index is 1.13. The van der Waals surface area contributed by atoms with Gasteiger partial charge >= 0.3 is 0 Å². The molecule has 0 aliphatic carbocycles. The average Bonchev–Trinajstić information content (AvgIpc) is 0.849. The summed E-state index contributed by atoms with van der Waals surface area (Å²) in [5.74, 6) is 0. The monoisotopic (exact) mass is 1640 g/mol. The Hall–Kier alpha value is 2.50. The van der Waals surface area contributed by atoms with E-state index < -0.39 is 105 Å². The smallest absolute Gasteiger partial charge is 0.0737 e. The summed E-state index contributed by atoms with van der Waals surface area (Å²) in [6.45, 7) is 65.1. The first-order chi connectivity index (χ1) is 47.0. The zero-order chi connectivity index (χ0) is 76.9. The van der Waals surface area contributed by atoms with E-state index in [1.807, 2.05) is 0 Å². The van der Waals surface area contributed by atoms with Gasteiger partial charge in [0, 0.05) is 64.6 Å². The maximum atomic E-state index is 4.33. The molecule has 0 aromatic carbocycles. The molecular formula is C80H204N8Si13+8. The highest BCUT2D eigenvalue weighted by molar-refractivity contribution is 6.85. The predicted molar refractivity (Wildman–Crippen MR) is 500 cm³/mol. The number of hydrogen-bond donors (Lipinski definition) is 8. The van der Waals surface area contributed by atoms with Gasteiger partial charge in [-0.25, -0.2) is 0 Å². The van der Waals surface area contributed by atoms with Crippen molar-refractivity contribution >= 4 is 105 Å². The zero-order valence-electron chi connectivity index (χ0n) is 74.6. The topological polar surface area (TPSA) is 221 Å². The van der Waals surface area contributed by atoms with E-state index in [4.69, 9.17) is 0 Å². The van der Waals surface area contributed by atoms with Crippen LogP contribution in [-0.2, 0) is 0 Å². The molecule has 8 nitrogen and oxygen atoms in total. The largest absolute Gasteiger partial charge is 0.358 e. The molecule has 0 aliphatic rings. The fourth-order valence-electron chi connectivity index (χ4n) is 19.6. The van der Waals surface area contributed by atoms with Crippen LogP contribution in [0.15, 0.2) is 0 Å². The molecule has 0 bridgehead atoms. The van der Waals surface area contributed by atoms with Gasteiger partial charge in [0.1, 0.15) is 0 Å². The van der Waals surface area contributed by atoms with Crippen molar-refractivity contribution in [3.63, 3.8) is 0 Å². The molecule has 608 valence electrons. The van der Waals surface area contributed by atoms with Crippen LogP contribution in [0.25, 0.3) is 0 Å². The fourth-order valence-corrected chi connectivity index (χ4v) is 65.1. The summed E-state index contributed by atoms with van der Waals surface area (Å²) in [5.41, 5.74) is 34.6. The number of quaternary nitrogens is 8. The van der Waals surface area contributed by atoms with E-state index in [1.165, 1.54) is 99.7 Å². The lowest BCUT2D eigenvalue weighted by atomic mass is 10.5. The van der Waals surface area contributed by atoms with Crippen molar-refractivity contribution in [2.45, 2.75) is 453 Å². The lowest BCUT2D eigenvalue weighted by Gasteiger charge is -2.39. The molecule has 0 saturated carbocycles. The highest BCUT2D eigenvalue weighted by Gasteiger charge is 2.40. The Bertz CT molecular complexity index is 1630. The molecule has 0 spiro atoms. The van der Waals surface area contributed by atoms with Gasteiger partial charge < -0.3 is 45.9 Å². The van der Waals surface area contributed by atoms with Gasteiger partial charge in [0.25, 0.3) is 0 Å². The first kappa shape index (κ1) is 103. The molecule has 0 fully saturated rings. The molecule has 21 heteroatoms. The molecule has 24 N–H and O–H groups in total. The Balaban J connectivity index is 8.48. The van der Waals surface area contributed by atoms with Crippen LogP contribution in [0.5, 0.6) is 0 Å². The molecule has 0 aromatic rings. The van der Waals surface area contributed by atoms with Crippen LogP contribution < -0.4 is 45.9 Å². The first-order valence-electron chi connectivity index (χ1n) is 45.3. The van der Waals surface area contributed by atoms with Crippen LogP contribution in [0.1, 0.15) is 128 Å². The van der Waals surface area contributed by atoms with E-state index in [-0.39, 0.29) is 0 Å². The molecule has 0 heterocycles. The number of hydrogen-bond acceptors (Lipinski definition) is 0. The van der Waals surface area contributed by atoms with Crippen LogP contribution >= 0.6 is 0 Å². The molecule has 0 aliphatic heterocycles. The van der Waals surface area contributed by atoms with Gasteiger partial charge in [-0.05, 0) is 51.4 Å². The average molecular weight is 1640 g/mol. The fraction of sp³-hybridized carbons (Fsp3) is 1.00. The van der Waals surface area contributed by atoms with Crippen LogP contribution in [0.2, 0.25) is 324 Å². The summed E-state index contributed by atoms with van der Waals surface area (Å²) < 4.78 is 0. The van der Waals surface area contributed by atoms with E-state index in [0.29, 0.717) is 0 Å². The van der Waals surface area contributed by atoms with Crippen molar-refractivity contribution in [3.05, 3.63) is 0 Å². The Morgan fingerprint density at radius 3 is 0.307 bits per heavy atom. The minimum Gasteiger partial charge on any atom is -0.358 e. The predicted octanol–water partition coefficient (Wildman–Crippen LogP) is 19.2. The van der Waals surface area contributed by atoms with Gasteiger partial charge in [0.05, 0.1) is 92.7 Å². The quantitative estimate of drug-likeness (QED) is 0.0267. The van der Waals surface area contributed by atoms with Gasteiger partial charge in [-0.1, -0.05) is 401 Å². The van der Waals surface area contributed by atoms with E-state index in [1.54, 1.807) is 222 Å². The van der Waals surface area contributed by atoms with Crippen molar-refractivity contribution in [2.24, 2.45) is 0 Å². The summed E-state index contributed by atoms with van der Waals surface area (Å²) in [6, 6.07) is 50.9. The molecule has 0 amide bonds. The molecule has 0 unspecified atom stereocenters. The van der Waals surface area contributed by atoms with Crippen molar-refractivity contribution in [1.29, 1.82) is 0 Å². The van der Waals surface area contributed by atoms with Crippen molar-refractivity contribution in [3.8, 4) is 0 Å². The van der Waals surface area contributed by atoms with Crippen molar-refractivity contribution in [1.82, 2.24) is 0 Å². The Kier molecular flexibility index (Phi) is 54.8. The van der Waals surface area contributed by atoms with Gasteiger partial charge in [0.15, 0.2) is 0 Å². The molecular weight excluding hydrogens is 1440 g/mol. The van der Waals surface area contributed by atoms with Crippen LogP contribution in [0.4, 0.5) is 0 Å². The van der Waals surface area contributed by atoms with Crippen LogP contribution in [0.3, 0.4) is 0 Å².